The van der Waals surface area contributed by atoms with E-state index in [4.69, 9.17) is 11.6 Å². The number of likely N-dealkylation sites (tertiary alicyclic amines) is 1. The predicted molar refractivity (Wildman–Crippen MR) is 60.9 cm³/mol. The summed E-state index contributed by atoms with van der Waals surface area (Å²) < 4.78 is 39.0. The molecule has 0 aliphatic carbocycles. The van der Waals surface area contributed by atoms with Crippen LogP contribution < -0.4 is 0 Å². The van der Waals surface area contributed by atoms with E-state index in [1.54, 1.807) is 6.07 Å². The molecule has 5 heteroatoms. The number of rotatable bonds is 2. The molecular formula is C12H13ClF3N. The van der Waals surface area contributed by atoms with Crippen LogP contribution in [0.1, 0.15) is 18.4 Å². The lowest BCUT2D eigenvalue weighted by molar-refractivity contribution is -0.0566. The van der Waals surface area contributed by atoms with Gasteiger partial charge in [-0.25, -0.2) is 13.2 Å². The van der Waals surface area contributed by atoms with Gasteiger partial charge in [0.15, 0.2) is 0 Å². The molecule has 1 aromatic rings. The molecule has 0 aromatic heterocycles. The number of piperidine rings is 1. The molecule has 94 valence electrons. The lowest BCUT2D eigenvalue weighted by Crippen LogP contribution is -2.38. The largest absolute Gasteiger partial charge is 0.299 e. The Morgan fingerprint density at radius 2 is 1.88 bits per heavy atom. The molecule has 1 nitrogen and oxygen atoms in total. The highest BCUT2D eigenvalue weighted by Gasteiger charge is 2.33. The molecule has 0 bridgehead atoms. The Bertz CT molecular complexity index is 399. The molecule has 17 heavy (non-hydrogen) atoms. The van der Waals surface area contributed by atoms with Crippen LogP contribution in [0.2, 0.25) is 5.02 Å². The molecule has 0 saturated carbocycles. The Balaban J connectivity index is 1.95. The Morgan fingerprint density at radius 3 is 2.47 bits per heavy atom. The Hall–Kier alpha value is -0.740. The SMILES string of the molecule is Fc1cc(CN2CCC(F)(F)CC2)ccc1Cl. The molecular weight excluding hydrogens is 251 g/mol. The molecule has 0 N–H and O–H groups in total. The van der Waals surface area contributed by atoms with Crippen LogP contribution in [0.5, 0.6) is 0 Å². The van der Waals surface area contributed by atoms with Crippen molar-refractivity contribution in [3.8, 4) is 0 Å². The first-order valence-corrected chi connectivity index (χ1v) is 5.88. The molecule has 1 saturated heterocycles. The Labute approximate surface area is 103 Å². The zero-order chi connectivity index (χ0) is 12.5. The molecule has 0 atom stereocenters. The third-order valence-electron chi connectivity index (χ3n) is 2.98. The van der Waals surface area contributed by atoms with Gasteiger partial charge < -0.3 is 0 Å². The summed E-state index contributed by atoms with van der Waals surface area (Å²) in [5.74, 6) is -3.01. The van der Waals surface area contributed by atoms with Gasteiger partial charge in [0.2, 0.25) is 0 Å². The molecule has 1 heterocycles. The molecule has 0 spiro atoms. The van der Waals surface area contributed by atoms with Crippen molar-refractivity contribution in [3.63, 3.8) is 0 Å². The van der Waals surface area contributed by atoms with Gasteiger partial charge in [0.25, 0.3) is 5.92 Å². The van der Waals surface area contributed by atoms with E-state index < -0.39 is 11.7 Å². The maximum Gasteiger partial charge on any atom is 0.250 e. The van der Waals surface area contributed by atoms with Gasteiger partial charge in [-0.15, -0.1) is 0 Å². The van der Waals surface area contributed by atoms with E-state index >= 15 is 0 Å². The van der Waals surface area contributed by atoms with E-state index in [2.05, 4.69) is 0 Å². The predicted octanol–water partition coefficient (Wildman–Crippen LogP) is 3.71. The van der Waals surface area contributed by atoms with E-state index in [-0.39, 0.29) is 17.9 Å². The second kappa shape index (κ2) is 4.86. The number of nitrogens with zero attached hydrogens (tertiary/aromatic N) is 1. The van der Waals surface area contributed by atoms with Crippen LogP contribution in [0.15, 0.2) is 18.2 Å². The highest BCUT2D eigenvalue weighted by atomic mass is 35.5. The molecule has 0 unspecified atom stereocenters. The fourth-order valence-corrected chi connectivity index (χ4v) is 2.05. The van der Waals surface area contributed by atoms with Crippen LogP contribution >= 0.6 is 11.6 Å². The second-order valence-corrected chi connectivity index (χ2v) is 4.79. The topological polar surface area (TPSA) is 3.24 Å². The van der Waals surface area contributed by atoms with E-state index in [1.165, 1.54) is 12.1 Å². The summed E-state index contributed by atoms with van der Waals surface area (Å²) in [4.78, 5) is 1.90. The van der Waals surface area contributed by atoms with Crippen LogP contribution in [-0.2, 0) is 6.54 Å². The Morgan fingerprint density at radius 1 is 1.24 bits per heavy atom. The number of benzene rings is 1. The van der Waals surface area contributed by atoms with Crippen LogP contribution in [0.4, 0.5) is 13.2 Å². The summed E-state index contributed by atoms with van der Waals surface area (Å²) >= 11 is 5.57. The van der Waals surface area contributed by atoms with Crippen molar-refractivity contribution in [1.29, 1.82) is 0 Å². The second-order valence-electron chi connectivity index (χ2n) is 4.38. The first-order chi connectivity index (χ1) is 7.96. The van der Waals surface area contributed by atoms with Crippen molar-refractivity contribution in [2.24, 2.45) is 0 Å². The first-order valence-electron chi connectivity index (χ1n) is 5.50. The van der Waals surface area contributed by atoms with Gasteiger partial charge in [-0.05, 0) is 17.7 Å². The Kier molecular flexibility index (Phi) is 3.64. The molecule has 0 amide bonds. The minimum Gasteiger partial charge on any atom is -0.299 e. The summed E-state index contributed by atoms with van der Waals surface area (Å²) in [5, 5.41) is 0.0823. The summed E-state index contributed by atoms with van der Waals surface area (Å²) in [6, 6.07) is 4.57. The number of hydrogen-bond acceptors (Lipinski definition) is 1. The molecule has 2 rings (SSSR count). The molecule has 1 aromatic carbocycles. The molecule has 1 aliphatic rings. The fourth-order valence-electron chi connectivity index (χ4n) is 1.93. The normalized spacial score (nSPS) is 20.5. The van der Waals surface area contributed by atoms with Crippen molar-refractivity contribution < 1.29 is 13.2 Å². The van der Waals surface area contributed by atoms with Gasteiger partial charge in [-0.2, -0.15) is 0 Å². The fraction of sp³-hybridized carbons (Fsp3) is 0.500. The van der Waals surface area contributed by atoms with E-state index in [9.17, 15) is 13.2 Å². The van der Waals surface area contributed by atoms with Gasteiger partial charge >= 0.3 is 0 Å². The standard InChI is InChI=1S/C12H13ClF3N/c13-10-2-1-9(7-11(10)14)8-17-5-3-12(15,16)4-6-17/h1-2,7H,3-6,8H2. The summed E-state index contributed by atoms with van der Waals surface area (Å²) in [6.45, 7) is 1.18. The molecule has 0 radical (unpaired) electrons. The zero-order valence-corrected chi connectivity index (χ0v) is 9.98. The first kappa shape index (κ1) is 12.7. The lowest BCUT2D eigenvalue weighted by atomic mass is 10.1. The molecule has 1 fully saturated rings. The third-order valence-corrected chi connectivity index (χ3v) is 3.28. The van der Waals surface area contributed by atoms with Crippen molar-refractivity contribution in [2.75, 3.05) is 13.1 Å². The number of alkyl halides is 2. The zero-order valence-electron chi connectivity index (χ0n) is 9.23. The lowest BCUT2D eigenvalue weighted by Gasteiger charge is -2.31. The van der Waals surface area contributed by atoms with Crippen LogP contribution in [-0.4, -0.2) is 23.9 Å². The average Bonchev–Trinajstić information content (AvgIpc) is 2.27. The van der Waals surface area contributed by atoms with E-state index in [0.717, 1.165) is 5.56 Å². The van der Waals surface area contributed by atoms with Gasteiger partial charge in [0, 0.05) is 32.5 Å². The summed E-state index contributed by atoms with van der Waals surface area (Å²) in [6.07, 6.45) is -0.244. The van der Waals surface area contributed by atoms with E-state index in [0.29, 0.717) is 19.6 Å². The smallest absolute Gasteiger partial charge is 0.250 e. The van der Waals surface area contributed by atoms with Crippen molar-refractivity contribution in [2.45, 2.75) is 25.3 Å². The summed E-state index contributed by atoms with van der Waals surface area (Å²) in [7, 11) is 0. The van der Waals surface area contributed by atoms with Crippen molar-refractivity contribution in [3.05, 3.63) is 34.6 Å². The van der Waals surface area contributed by atoms with Gasteiger partial charge in [0.05, 0.1) is 5.02 Å². The molecule has 1 aliphatic heterocycles. The van der Waals surface area contributed by atoms with E-state index in [1.807, 2.05) is 4.90 Å². The van der Waals surface area contributed by atoms with Crippen molar-refractivity contribution in [1.82, 2.24) is 4.90 Å². The monoisotopic (exact) mass is 263 g/mol. The van der Waals surface area contributed by atoms with Crippen molar-refractivity contribution >= 4 is 11.6 Å². The minimum absolute atomic E-state index is 0.0823. The van der Waals surface area contributed by atoms with Gasteiger partial charge in [0.1, 0.15) is 5.82 Å². The quantitative estimate of drug-likeness (QED) is 0.786. The number of halogens is 4. The maximum atomic E-state index is 13.2. The summed E-state index contributed by atoms with van der Waals surface area (Å²) in [5.41, 5.74) is 0.761. The van der Waals surface area contributed by atoms with Crippen LogP contribution in [0.3, 0.4) is 0 Å². The van der Waals surface area contributed by atoms with Crippen LogP contribution in [0, 0.1) is 5.82 Å². The third kappa shape index (κ3) is 3.36. The average molecular weight is 264 g/mol. The number of hydrogen-bond donors (Lipinski definition) is 0. The highest BCUT2D eigenvalue weighted by molar-refractivity contribution is 6.30. The minimum atomic E-state index is -2.54. The highest BCUT2D eigenvalue weighted by Crippen LogP contribution is 2.28. The van der Waals surface area contributed by atoms with Gasteiger partial charge in [-0.3, -0.25) is 4.90 Å². The van der Waals surface area contributed by atoms with Crippen LogP contribution in [0.25, 0.3) is 0 Å². The maximum absolute atomic E-state index is 13.2. The van der Waals surface area contributed by atoms with Gasteiger partial charge in [-0.1, -0.05) is 17.7 Å².